The van der Waals surface area contributed by atoms with Crippen LogP contribution in [0, 0.1) is 6.92 Å². The van der Waals surface area contributed by atoms with Crippen molar-refractivity contribution in [2.24, 2.45) is 4.99 Å². The van der Waals surface area contributed by atoms with E-state index in [9.17, 15) is 9.18 Å². The van der Waals surface area contributed by atoms with Crippen LogP contribution in [-0.2, 0) is 4.79 Å². The van der Waals surface area contributed by atoms with Crippen molar-refractivity contribution >= 4 is 34.6 Å². The van der Waals surface area contributed by atoms with E-state index in [1.54, 1.807) is 37.3 Å². The Bertz CT molecular complexity index is 1110. The average Bonchev–Trinajstić information content (AvgIpc) is 2.77. The standard InChI is InChI=1S/C26H26ClFN2O.C2H6/c1-6-7-11-21(19(5)28)26(31)29-20-13-14-23(27)22(16-20)25(15-17(2)3)30-24-12-9-8-10-18(24)4;1-2/h6-16H,5H2,1-4H3,(H,29,31);1-2H3/b7-6-,21-11+,30-25?;. The van der Waals surface area contributed by atoms with Crippen molar-refractivity contribution in [3.05, 3.63) is 106 Å². The molecular weight excluding hydrogens is 435 g/mol. The van der Waals surface area contributed by atoms with Crippen molar-refractivity contribution in [3.8, 4) is 0 Å². The molecule has 3 nitrogen and oxygen atoms in total. The van der Waals surface area contributed by atoms with E-state index < -0.39 is 11.7 Å². The number of nitrogens with one attached hydrogen (secondary N) is 1. The molecule has 0 saturated carbocycles. The van der Waals surface area contributed by atoms with E-state index in [0.717, 1.165) is 16.8 Å². The van der Waals surface area contributed by atoms with Gasteiger partial charge in [-0.1, -0.05) is 68.0 Å². The lowest BCUT2D eigenvalue weighted by Crippen LogP contribution is -2.15. The van der Waals surface area contributed by atoms with Gasteiger partial charge in [-0.15, -0.1) is 0 Å². The number of para-hydroxylation sites is 1. The van der Waals surface area contributed by atoms with Crippen LogP contribution in [0.25, 0.3) is 0 Å². The van der Waals surface area contributed by atoms with E-state index in [4.69, 9.17) is 16.6 Å². The highest BCUT2D eigenvalue weighted by Crippen LogP contribution is 2.26. The molecule has 174 valence electrons. The van der Waals surface area contributed by atoms with Gasteiger partial charge in [0.2, 0.25) is 0 Å². The molecule has 0 aliphatic carbocycles. The Morgan fingerprint density at radius 2 is 1.82 bits per heavy atom. The SMILES string of the molecule is C=C(F)/C(=C\C=C/C)C(=O)Nc1ccc(Cl)c(C(C=C(C)C)=Nc2ccccc2C)c1.CC. The molecule has 1 N–H and O–H groups in total. The zero-order valence-corrected chi connectivity index (χ0v) is 20.9. The van der Waals surface area contributed by atoms with E-state index in [1.807, 2.05) is 65.0 Å². The van der Waals surface area contributed by atoms with Crippen LogP contribution < -0.4 is 5.32 Å². The lowest BCUT2D eigenvalue weighted by atomic mass is 10.1. The number of amides is 1. The molecule has 0 saturated heterocycles. The van der Waals surface area contributed by atoms with Gasteiger partial charge in [0.05, 0.1) is 22.0 Å². The number of carbonyl (C=O) groups excluding carboxylic acids is 1. The summed E-state index contributed by atoms with van der Waals surface area (Å²) in [6.45, 7) is 14.9. The number of benzene rings is 2. The summed E-state index contributed by atoms with van der Waals surface area (Å²) in [5.41, 5.74) is 4.54. The Labute approximate surface area is 202 Å². The van der Waals surface area contributed by atoms with E-state index in [1.165, 1.54) is 6.08 Å². The van der Waals surface area contributed by atoms with Gasteiger partial charge in [-0.05, 0) is 69.7 Å². The second kappa shape index (κ2) is 14.0. The molecule has 5 heteroatoms. The Morgan fingerprint density at radius 1 is 1.15 bits per heavy atom. The number of aryl methyl sites for hydroxylation is 1. The van der Waals surface area contributed by atoms with Crippen LogP contribution in [0.1, 0.15) is 45.7 Å². The maximum absolute atomic E-state index is 13.7. The van der Waals surface area contributed by atoms with Gasteiger partial charge in [-0.2, -0.15) is 0 Å². The molecular formula is C28H32ClFN2O. The minimum Gasteiger partial charge on any atom is -0.322 e. The van der Waals surface area contributed by atoms with Crippen LogP contribution in [0.2, 0.25) is 5.02 Å². The summed E-state index contributed by atoms with van der Waals surface area (Å²) in [6.07, 6.45) is 6.59. The summed E-state index contributed by atoms with van der Waals surface area (Å²) in [5, 5.41) is 3.20. The molecule has 2 rings (SSSR count). The monoisotopic (exact) mass is 466 g/mol. The first-order valence-electron chi connectivity index (χ1n) is 10.8. The van der Waals surface area contributed by atoms with Gasteiger partial charge in [0.15, 0.2) is 0 Å². The minimum atomic E-state index is -0.809. The third-order valence-corrected chi connectivity index (χ3v) is 4.60. The van der Waals surface area contributed by atoms with Crippen LogP contribution in [0.4, 0.5) is 15.8 Å². The van der Waals surface area contributed by atoms with Crippen molar-refractivity contribution < 1.29 is 9.18 Å². The lowest BCUT2D eigenvalue weighted by Gasteiger charge is -2.12. The third kappa shape index (κ3) is 8.66. The van der Waals surface area contributed by atoms with Crippen molar-refractivity contribution in [1.82, 2.24) is 0 Å². The molecule has 0 bridgehead atoms. The van der Waals surface area contributed by atoms with Crippen LogP contribution >= 0.6 is 11.6 Å². The fourth-order valence-electron chi connectivity index (χ4n) is 2.74. The molecule has 0 atom stereocenters. The summed E-state index contributed by atoms with van der Waals surface area (Å²) in [7, 11) is 0. The summed E-state index contributed by atoms with van der Waals surface area (Å²) in [4.78, 5) is 17.4. The molecule has 0 spiro atoms. The third-order valence-electron chi connectivity index (χ3n) is 4.27. The first-order chi connectivity index (χ1) is 15.7. The number of hydrogen-bond donors (Lipinski definition) is 1. The second-order valence-electron chi connectivity index (χ2n) is 7.16. The maximum atomic E-state index is 13.7. The smallest absolute Gasteiger partial charge is 0.258 e. The molecule has 1 amide bonds. The second-order valence-corrected chi connectivity index (χ2v) is 7.57. The Hall–Kier alpha value is -3.24. The van der Waals surface area contributed by atoms with Crippen molar-refractivity contribution in [1.29, 1.82) is 0 Å². The summed E-state index contributed by atoms with van der Waals surface area (Å²) in [5.74, 6) is -1.41. The molecule has 0 unspecified atom stereocenters. The molecule has 0 aromatic heterocycles. The predicted octanol–water partition coefficient (Wildman–Crippen LogP) is 8.69. The highest BCUT2D eigenvalue weighted by atomic mass is 35.5. The summed E-state index contributed by atoms with van der Waals surface area (Å²) >= 11 is 6.48. The van der Waals surface area contributed by atoms with Gasteiger partial charge in [0.1, 0.15) is 5.83 Å². The number of anilines is 1. The molecule has 0 radical (unpaired) electrons. The Morgan fingerprint density at radius 3 is 2.39 bits per heavy atom. The molecule has 0 heterocycles. The Kier molecular flexibility index (Phi) is 11.8. The fourth-order valence-corrected chi connectivity index (χ4v) is 2.96. The predicted molar refractivity (Wildman–Crippen MR) is 141 cm³/mol. The molecule has 33 heavy (non-hydrogen) atoms. The maximum Gasteiger partial charge on any atom is 0.258 e. The first-order valence-corrected chi connectivity index (χ1v) is 11.2. The molecule has 2 aromatic carbocycles. The minimum absolute atomic E-state index is 0.146. The van der Waals surface area contributed by atoms with Gasteiger partial charge in [-0.25, -0.2) is 9.38 Å². The zero-order chi connectivity index (χ0) is 25.0. The molecule has 0 aliphatic rings. The molecule has 0 fully saturated rings. The number of aliphatic imine (C=N–C) groups is 1. The van der Waals surface area contributed by atoms with E-state index in [2.05, 4.69) is 11.9 Å². The van der Waals surface area contributed by atoms with Gasteiger partial charge in [0, 0.05) is 11.3 Å². The fraction of sp³-hybridized carbons (Fsp3) is 0.214. The lowest BCUT2D eigenvalue weighted by molar-refractivity contribution is -0.112. The zero-order valence-electron chi connectivity index (χ0n) is 20.2. The summed E-state index contributed by atoms with van der Waals surface area (Å²) in [6, 6.07) is 12.9. The first kappa shape index (κ1) is 27.8. The highest BCUT2D eigenvalue weighted by molar-refractivity contribution is 6.35. The Balaban J connectivity index is 0.00000265. The number of halogens is 2. The average molecular weight is 467 g/mol. The molecule has 2 aromatic rings. The van der Waals surface area contributed by atoms with E-state index >= 15 is 0 Å². The van der Waals surface area contributed by atoms with Crippen LogP contribution in [-0.4, -0.2) is 11.6 Å². The van der Waals surface area contributed by atoms with Gasteiger partial charge >= 0.3 is 0 Å². The van der Waals surface area contributed by atoms with Gasteiger partial charge in [0.25, 0.3) is 5.91 Å². The summed E-state index contributed by atoms with van der Waals surface area (Å²) < 4.78 is 13.7. The number of hydrogen-bond acceptors (Lipinski definition) is 2. The number of carbonyl (C=O) groups is 1. The number of rotatable bonds is 7. The van der Waals surface area contributed by atoms with Crippen LogP contribution in [0.5, 0.6) is 0 Å². The topological polar surface area (TPSA) is 41.5 Å². The largest absolute Gasteiger partial charge is 0.322 e. The van der Waals surface area contributed by atoms with Crippen molar-refractivity contribution in [2.75, 3.05) is 5.32 Å². The van der Waals surface area contributed by atoms with E-state index in [0.29, 0.717) is 22.0 Å². The van der Waals surface area contributed by atoms with Crippen molar-refractivity contribution in [2.45, 2.75) is 41.5 Å². The van der Waals surface area contributed by atoms with Gasteiger partial charge < -0.3 is 5.32 Å². The number of nitrogens with zero attached hydrogens (tertiary/aromatic N) is 1. The van der Waals surface area contributed by atoms with Crippen LogP contribution in [0.15, 0.2) is 95.3 Å². The highest BCUT2D eigenvalue weighted by Gasteiger charge is 2.15. The van der Waals surface area contributed by atoms with Crippen molar-refractivity contribution in [3.63, 3.8) is 0 Å². The molecule has 0 aliphatic heterocycles. The van der Waals surface area contributed by atoms with E-state index in [-0.39, 0.29) is 5.57 Å². The normalized spacial score (nSPS) is 11.5. The van der Waals surface area contributed by atoms with Crippen LogP contribution in [0.3, 0.4) is 0 Å². The van der Waals surface area contributed by atoms with Gasteiger partial charge in [-0.3, -0.25) is 4.79 Å². The number of allylic oxidation sites excluding steroid dienone is 5. The quantitative estimate of drug-likeness (QED) is 0.247.